The lowest BCUT2D eigenvalue weighted by Crippen LogP contribution is -2.38. The minimum Gasteiger partial charge on any atom is -0.504 e. The van der Waals surface area contributed by atoms with Gasteiger partial charge in [0.15, 0.2) is 11.5 Å². The Labute approximate surface area is 164 Å². The fraction of sp³-hybridized carbons (Fsp3) is 0.167. The average molecular weight is 467 g/mol. The van der Waals surface area contributed by atoms with E-state index >= 15 is 0 Å². The number of carbonyl (C=O) groups is 2. The third kappa shape index (κ3) is 5.73. The highest BCUT2D eigenvalue weighted by Gasteiger charge is 2.12. The normalized spacial score (nSPS) is 10.5. The largest absolute Gasteiger partial charge is 0.504 e. The smallest absolute Gasteiger partial charge is 0.329 e. The first-order valence-corrected chi connectivity index (χ1v) is 8.80. The molecule has 2 aromatic carbocycles. The molecule has 0 radical (unpaired) electrons. The number of amides is 2. The van der Waals surface area contributed by atoms with Gasteiger partial charge in [-0.25, -0.2) is 5.43 Å². The summed E-state index contributed by atoms with van der Waals surface area (Å²) in [6, 6.07) is 12.9. The van der Waals surface area contributed by atoms with E-state index < -0.39 is 11.8 Å². The van der Waals surface area contributed by atoms with Crippen LogP contribution in [0.1, 0.15) is 11.1 Å². The first-order chi connectivity index (χ1) is 12.5. The van der Waals surface area contributed by atoms with Gasteiger partial charge in [0.25, 0.3) is 0 Å². The summed E-state index contributed by atoms with van der Waals surface area (Å²) in [7, 11) is 1.44. The van der Waals surface area contributed by atoms with E-state index in [1.54, 1.807) is 12.1 Å². The van der Waals surface area contributed by atoms with Gasteiger partial charge in [0.1, 0.15) is 0 Å². The Morgan fingerprint density at radius 1 is 1.23 bits per heavy atom. The van der Waals surface area contributed by atoms with Crippen LogP contribution in [0.5, 0.6) is 11.5 Å². The van der Waals surface area contributed by atoms with E-state index in [0.29, 0.717) is 27.8 Å². The summed E-state index contributed by atoms with van der Waals surface area (Å²) < 4.78 is 5.62. The SMILES string of the molecule is COc1cc(/C=N\NC(=O)C(=O)NCCc2ccccc2)cc(I)c1O. The molecular weight excluding hydrogens is 449 g/mol. The fourth-order valence-electron chi connectivity index (χ4n) is 2.09. The van der Waals surface area contributed by atoms with E-state index in [1.165, 1.54) is 13.3 Å². The number of methoxy groups -OCH3 is 1. The lowest BCUT2D eigenvalue weighted by molar-refractivity contribution is -0.139. The molecule has 136 valence electrons. The Morgan fingerprint density at radius 2 is 1.96 bits per heavy atom. The molecule has 26 heavy (non-hydrogen) atoms. The first kappa shape index (κ1) is 19.7. The van der Waals surface area contributed by atoms with Gasteiger partial charge in [-0.15, -0.1) is 0 Å². The van der Waals surface area contributed by atoms with Gasteiger partial charge in [-0.1, -0.05) is 30.3 Å². The van der Waals surface area contributed by atoms with Crippen molar-refractivity contribution in [1.29, 1.82) is 0 Å². The molecule has 2 amide bonds. The zero-order valence-electron chi connectivity index (χ0n) is 14.0. The molecular formula is C18H18IN3O4. The fourth-order valence-corrected chi connectivity index (χ4v) is 2.71. The lowest BCUT2D eigenvalue weighted by atomic mass is 10.1. The first-order valence-electron chi connectivity index (χ1n) is 7.73. The van der Waals surface area contributed by atoms with Crippen LogP contribution >= 0.6 is 22.6 Å². The van der Waals surface area contributed by atoms with Crippen LogP contribution in [0.4, 0.5) is 0 Å². The van der Waals surface area contributed by atoms with Crippen molar-refractivity contribution < 1.29 is 19.4 Å². The number of rotatable bonds is 6. The summed E-state index contributed by atoms with van der Waals surface area (Å²) in [5, 5.41) is 16.1. The summed E-state index contributed by atoms with van der Waals surface area (Å²) in [6.45, 7) is 0.355. The number of benzene rings is 2. The number of aromatic hydroxyl groups is 1. The molecule has 0 fully saturated rings. The molecule has 0 aliphatic rings. The summed E-state index contributed by atoms with van der Waals surface area (Å²) >= 11 is 1.95. The predicted octanol–water partition coefficient (Wildman–Crippen LogP) is 1.81. The molecule has 8 heteroatoms. The molecule has 0 aliphatic heterocycles. The van der Waals surface area contributed by atoms with Gasteiger partial charge >= 0.3 is 11.8 Å². The highest BCUT2D eigenvalue weighted by Crippen LogP contribution is 2.31. The molecule has 0 spiro atoms. The molecule has 0 aliphatic carbocycles. The number of phenolic OH excluding ortho intramolecular Hbond substituents is 1. The quantitative estimate of drug-likeness (QED) is 0.261. The summed E-state index contributed by atoms with van der Waals surface area (Å²) in [5.74, 6) is -1.28. The standard InChI is InChI=1S/C18H18IN3O4/c1-26-15-10-13(9-14(19)16(15)23)11-21-22-18(25)17(24)20-8-7-12-5-3-2-4-6-12/h2-6,9-11,23H,7-8H2,1H3,(H,20,24)(H,22,25)/b21-11-. The van der Waals surface area contributed by atoms with Crippen LogP contribution in [-0.4, -0.2) is 36.8 Å². The minimum atomic E-state index is -0.852. The Hall–Kier alpha value is -2.62. The van der Waals surface area contributed by atoms with Crippen molar-refractivity contribution in [3.8, 4) is 11.5 Å². The van der Waals surface area contributed by atoms with Gasteiger partial charge in [-0.3, -0.25) is 9.59 Å². The van der Waals surface area contributed by atoms with Crippen molar-refractivity contribution in [2.75, 3.05) is 13.7 Å². The van der Waals surface area contributed by atoms with E-state index in [9.17, 15) is 14.7 Å². The zero-order valence-corrected chi connectivity index (χ0v) is 16.2. The van der Waals surface area contributed by atoms with Crippen molar-refractivity contribution >= 4 is 40.6 Å². The van der Waals surface area contributed by atoms with Crippen LogP contribution in [0.25, 0.3) is 0 Å². The van der Waals surface area contributed by atoms with Crippen LogP contribution in [0.15, 0.2) is 47.6 Å². The maximum absolute atomic E-state index is 11.7. The third-order valence-corrected chi connectivity index (χ3v) is 4.22. The number of hydrogen-bond acceptors (Lipinski definition) is 5. The molecule has 3 N–H and O–H groups in total. The van der Waals surface area contributed by atoms with Crippen molar-refractivity contribution in [2.24, 2.45) is 5.10 Å². The third-order valence-electron chi connectivity index (χ3n) is 3.40. The van der Waals surface area contributed by atoms with Gasteiger partial charge in [0, 0.05) is 6.54 Å². The predicted molar refractivity (Wildman–Crippen MR) is 106 cm³/mol. The van der Waals surface area contributed by atoms with Crippen molar-refractivity contribution in [3.63, 3.8) is 0 Å². The molecule has 2 aromatic rings. The van der Waals surface area contributed by atoms with E-state index in [1.807, 2.05) is 52.9 Å². The monoisotopic (exact) mass is 467 g/mol. The average Bonchev–Trinajstić information content (AvgIpc) is 2.65. The lowest BCUT2D eigenvalue weighted by Gasteiger charge is -2.06. The second-order valence-electron chi connectivity index (χ2n) is 5.24. The summed E-state index contributed by atoms with van der Waals surface area (Å²) in [6.07, 6.45) is 1.99. The van der Waals surface area contributed by atoms with Gasteiger partial charge < -0.3 is 15.2 Å². The maximum Gasteiger partial charge on any atom is 0.329 e. The second-order valence-corrected chi connectivity index (χ2v) is 6.41. The summed E-state index contributed by atoms with van der Waals surface area (Å²) in [4.78, 5) is 23.4. The van der Waals surface area contributed by atoms with Crippen molar-refractivity contribution in [3.05, 3.63) is 57.2 Å². The minimum absolute atomic E-state index is 0.0343. The van der Waals surface area contributed by atoms with Crippen LogP contribution in [-0.2, 0) is 16.0 Å². The Balaban J connectivity index is 1.83. The second kappa shape index (κ2) is 9.76. The molecule has 0 unspecified atom stereocenters. The number of ether oxygens (including phenoxy) is 1. The number of nitrogens with one attached hydrogen (secondary N) is 2. The molecule has 0 saturated carbocycles. The molecule has 0 saturated heterocycles. The number of hydrogen-bond donors (Lipinski definition) is 3. The van der Waals surface area contributed by atoms with Gasteiger partial charge in [-0.2, -0.15) is 5.10 Å². The highest BCUT2D eigenvalue weighted by atomic mass is 127. The number of phenols is 1. The number of halogens is 1. The van der Waals surface area contributed by atoms with Crippen LogP contribution in [0, 0.1) is 3.57 Å². The molecule has 0 bridgehead atoms. The van der Waals surface area contributed by atoms with Crippen LogP contribution in [0.3, 0.4) is 0 Å². The highest BCUT2D eigenvalue weighted by molar-refractivity contribution is 14.1. The van der Waals surface area contributed by atoms with E-state index in [2.05, 4.69) is 15.8 Å². The zero-order chi connectivity index (χ0) is 18.9. The van der Waals surface area contributed by atoms with Crippen LogP contribution < -0.4 is 15.5 Å². The Bertz CT molecular complexity index is 810. The molecule has 0 aromatic heterocycles. The van der Waals surface area contributed by atoms with Crippen molar-refractivity contribution in [1.82, 2.24) is 10.7 Å². The number of carbonyl (C=O) groups excluding carboxylic acids is 2. The van der Waals surface area contributed by atoms with Gasteiger partial charge in [0.2, 0.25) is 0 Å². The number of hydrazone groups is 1. The van der Waals surface area contributed by atoms with Gasteiger partial charge in [-0.05, 0) is 52.3 Å². The van der Waals surface area contributed by atoms with Crippen molar-refractivity contribution in [2.45, 2.75) is 6.42 Å². The molecule has 7 nitrogen and oxygen atoms in total. The van der Waals surface area contributed by atoms with E-state index in [-0.39, 0.29) is 5.75 Å². The van der Waals surface area contributed by atoms with Crippen LogP contribution in [0.2, 0.25) is 0 Å². The van der Waals surface area contributed by atoms with Gasteiger partial charge in [0.05, 0.1) is 16.9 Å². The Kier molecular flexibility index (Phi) is 7.39. The number of nitrogens with zero attached hydrogens (tertiary/aromatic N) is 1. The van der Waals surface area contributed by atoms with E-state index in [4.69, 9.17) is 4.74 Å². The Morgan fingerprint density at radius 3 is 2.65 bits per heavy atom. The molecule has 2 rings (SSSR count). The topological polar surface area (TPSA) is 100 Å². The summed E-state index contributed by atoms with van der Waals surface area (Å²) in [5.41, 5.74) is 3.84. The molecule has 0 atom stereocenters. The molecule has 0 heterocycles. The maximum atomic E-state index is 11.7. The van der Waals surface area contributed by atoms with E-state index in [0.717, 1.165) is 5.56 Å².